The standard InChI is InChI=1S/C16H29N3O3/c1-19(10-4-12-22-2)11-9-17-14(20)16(7-3-8-16)15(21)18-13-5-6-13/h13H,3-12H2,1-2H3,(H,17,20)(H,18,21). The van der Waals surface area contributed by atoms with E-state index in [1.807, 2.05) is 7.05 Å². The minimum absolute atomic E-state index is 0.0628. The summed E-state index contributed by atoms with van der Waals surface area (Å²) in [5.74, 6) is -0.158. The normalized spacial score (nSPS) is 19.6. The Morgan fingerprint density at radius 1 is 1.23 bits per heavy atom. The van der Waals surface area contributed by atoms with Crippen LogP contribution in [0.15, 0.2) is 0 Å². The van der Waals surface area contributed by atoms with Crippen molar-refractivity contribution in [1.29, 1.82) is 0 Å². The first-order valence-electron chi connectivity index (χ1n) is 8.35. The third-order valence-corrected chi connectivity index (χ3v) is 4.66. The van der Waals surface area contributed by atoms with Crippen molar-refractivity contribution in [2.75, 3.05) is 40.4 Å². The molecule has 2 rings (SSSR count). The molecule has 0 aliphatic heterocycles. The van der Waals surface area contributed by atoms with Crippen LogP contribution in [0.2, 0.25) is 0 Å². The molecule has 2 saturated carbocycles. The van der Waals surface area contributed by atoms with Crippen LogP contribution in [0.25, 0.3) is 0 Å². The summed E-state index contributed by atoms with van der Waals surface area (Å²) in [6.07, 6.45) is 5.41. The fourth-order valence-corrected chi connectivity index (χ4v) is 2.76. The summed E-state index contributed by atoms with van der Waals surface area (Å²) < 4.78 is 5.02. The maximum atomic E-state index is 12.4. The van der Waals surface area contributed by atoms with E-state index in [-0.39, 0.29) is 11.8 Å². The lowest BCUT2D eigenvalue weighted by atomic mass is 9.67. The molecule has 0 aromatic heterocycles. The van der Waals surface area contributed by atoms with Gasteiger partial charge in [0.2, 0.25) is 11.8 Å². The van der Waals surface area contributed by atoms with E-state index in [4.69, 9.17) is 4.74 Å². The lowest BCUT2D eigenvalue weighted by molar-refractivity contribution is -0.149. The van der Waals surface area contributed by atoms with E-state index >= 15 is 0 Å². The van der Waals surface area contributed by atoms with Crippen LogP contribution in [0.1, 0.15) is 38.5 Å². The Morgan fingerprint density at radius 3 is 2.50 bits per heavy atom. The summed E-state index contributed by atoms with van der Waals surface area (Å²) in [7, 11) is 3.73. The van der Waals surface area contributed by atoms with Gasteiger partial charge in [0.05, 0.1) is 0 Å². The smallest absolute Gasteiger partial charge is 0.235 e. The Morgan fingerprint density at radius 2 is 1.95 bits per heavy atom. The molecule has 0 atom stereocenters. The third kappa shape index (κ3) is 4.43. The Hall–Kier alpha value is -1.14. The van der Waals surface area contributed by atoms with Crippen molar-refractivity contribution < 1.29 is 14.3 Å². The highest BCUT2D eigenvalue weighted by Crippen LogP contribution is 2.42. The first-order chi connectivity index (χ1) is 10.6. The van der Waals surface area contributed by atoms with E-state index < -0.39 is 5.41 Å². The van der Waals surface area contributed by atoms with Crippen molar-refractivity contribution in [3.63, 3.8) is 0 Å². The number of nitrogens with zero attached hydrogens (tertiary/aromatic N) is 1. The summed E-state index contributed by atoms with van der Waals surface area (Å²) in [4.78, 5) is 26.9. The van der Waals surface area contributed by atoms with E-state index in [0.717, 1.165) is 45.4 Å². The molecule has 0 aromatic carbocycles. The van der Waals surface area contributed by atoms with Crippen molar-refractivity contribution in [2.24, 2.45) is 5.41 Å². The Labute approximate surface area is 132 Å². The summed E-state index contributed by atoms with van der Waals surface area (Å²) in [5.41, 5.74) is -0.794. The molecular formula is C16H29N3O3. The molecule has 0 bridgehead atoms. The number of likely N-dealkylation sites (N-methyl/N-ethyl adjacent to an activating group) is 1. The average molecular weight is 311 g/mol. The minimum atomic E-state index is -0.794. The topological polar surface area (TPSA) is 70.7 Å². The van der Waals surface area contributed by atoms with E-state index in [2.05, 4.69) is 15.5 Å². The molecule has 2 N–H and O–H groups in total. The van der Waals surface area contributed by atoms with Crippen molar-refractivity contribution in [3.05, 3.63) is 0 Å². The predicted octanol–water partition coefficient (Wildman–Crippen LogP) is 0.520. The van der Waals surface area contributed by atoms with E-state index in [1.165, 1.54) is 0 Å². The van der Waals surface area contributed by atoms with Gasteiger partial charge in [-0.3, -0.25) is 9.59 Å². The molecule has 0 aromatic rings. The Balaban J connectivity index is 1.69. The van der Waals surface area contributed by atoms with Gasteiger partial charge in [-0.05, 0) is 39.2 Å². The Bertz CT molecular complexity index is 392. The second-order valence-electron chi connectivity index (χ2n) is 6.59. The highest BCUT2D eigenvalue weighted by atomic mass is 16.5. The summed E-state index contributed by atoms with van der Waals surface area (Å²) in [6, 6.07) is 0.310. The van der Waals surface area contributed by atoms with Crippen LogP contribution in [-0.4, -0.2) is 63.2 Å². The van der Waals surface area contributed by atoms with Crippen LogP contribution in [-0.2, 0) is 14.3 Å². The van der Waals surface area contributed by atoms with Crippen LogP contribution in [0.3, 0.4) is 0 Å². The highest BCUT2D eigenvalue weighted by molar-refractivity contribution is 6.06. The van der Waals surface area contributed by atoms with Gasteiger partial charge in [0, 0.05) is 39.4 Å². The zero-order valence-electron chi connectivity index (χ0n) is 13.8. The molecule has 0 spiro atoms. The number of rotatable bonds is 10. The van der Waals surface area contributed by atoms with Gasteiger partial charge in [-0.2, -0.15) is 0 Å². The second-order valence-corrected chi connectivity index (χ2v) is 6.59. The largest absolute Gasteiger partial charge is 0.385 e. The SMILES string of the molecule is COCCCN(C)CCNC(=O)C1(C(=O)NC2CC2)CCC1. The summed E-state index contributed by atoms with van der Waals surface area (Å²) in [5, 5.41) is 5.94. The fourth-order valence-electron chi connectivity index (χ4n) is 2.76. The zero-order chi connectivity index (χ0) is 16.0. The molecule has 0 heterocycles. The van der Waals surface area contributed by atoms with Crippen LogP contribution in [0.4, 0.5) is 0 Å². The van der Waals surface area contributed by atoms with Gasteiger partial charge in [-0.15, -0.1) is 0 Å². The maximum absolute atomic E-state index is 12.4. The number of carbonyl (C=O) groups excluding carboxylic acids is 2. The summed E-state index contributed by atoms with van der Waals surface area (Å²) >= 11 is 0. The van der Waals surface area contributed by atoms with Crippen LogP contribution < -0.4 is 10.6 Å². The zero-order valence-corrected chi connectivity index (χ0v) is 13.8. The molecule has 2 fully saturated rings. The molecular weight excluding hydrogens is 282 g/mol. The molecule has 126 valence electrons. The molecule has 6 heteroatoms. The predicted molar refractivity (Wildman–Crippen MR) is 84.4 cm³/mol. The molecule has 0 radical (unpaired) electrons. The summed E-state index contributed by atoms with van der Waals surface area (Å²) in [6.45, 7) is 3.06. The quantitative estimate of drug-likeness (QED) is 0.456. The number of ether oxygens (including phenoxy) is 1. The fraction of sp³-hybridized carbons (Fsp3) is 0.875. The van der Waals surface area contributed by atoms with E-state index in [0.29, 0.717) is 25.4 Å². The van der Waals surface area contributed by atoms with E-state index in [9.17, 15) is 9.59 Å². The molecule has 2 aliphatic carbocycles. The molecule has 0 unspecified atom stereocenters. The number of methoxy groups -OCH3 is 1. The molecule has 0 saturated heterocycles. The first-order valence-corrected chi connectivity index (χ1v) is 8.35. The van der Waals surface area contributed by atoms with E-state index in [1.54, 1.807) is 7.11 Å². The monoisotopic (exact) mass is 311 g/mol. The van der Waals surface area contributed by atoms with Gasteiger partial charge in [-0.1, -0.05) is 6.42 Å². The first kappa shape index (κ1) is 17.2. The van der Waals surface area contributed by atoms with Crippen molar-refractivity contribution in [2.45, 2.75) is 44.6 Å². The number of hydrogen-bond donors (Lipinski definition) is 2. The minimum Gasteiger partial charge on any atom is -0.385 e. The maximum Gasteiger partial charge on any atom is 0.235 e. The van der Waals surface area contributed by atoms with Gasteiger partial charge in [0.25, 0.3) is 0 Å². The van der Waals surface area contributed by atoms with Crippen molar-refractivity contribution in [3.8, 4) is 0 Å². The molecule has 2 amide bonds. The second kappa shape index (κ2) is 7.92. The van der Waals surface area contributed by atoms with Gasteiger partial charge < -0.3 is 20.3 Å². The van der Waals surface area contributed by atoms with Crippen molar-refractivity contribution in [1.82, 2.24) is 15.5 Å². The highest BCUT2D eigenvalue weighted by Gasteiger charge is 2.51. The molecule has 2 aliphatic rings. The number of amides is 2. The van der Waals surface area contributed by atoms with Gasteiger partial charge in [0.15, 0.2) is 0 Å². The lowest BCUT2D eigenvalue weighted by Crippen LogP contribution is -2.56. The van der Waals surface area contributed by atoms with Crippen molar-refractivity contribution >= 4 is 11.8 Å². The van der Waals surface area contributed by atoms with Crippen LogP contribution in [0.5, 0.6) is 0 Å². The van der Waals surface area contributed by atoms with Gasteiger partial charge in [0.1, 0.15) is 5.41 Å². The van der Waals surface area contributed by atoms with Crippen LogP contribution >= 0.6 is 0 Å². The molecule has 22 heavy (non-hydrogen) atoms. The third-order valence-electron chi connectivity index (χ3n) is 4.66. The lowest BCUT2D eigenvalue weighted by Gasteiger charge is -2.38. The molecule has 6 nitrogen and oxygen atoms in total. The van der Waals surface area contributed by atoms with Gasteiger partial charge in [-0.25, -0.2) is 0 Å². The van der Waals surface area contributed by atoms with Gasteiger partial charge >= 0.3 is 0 Å². The average Bonchev–Trinajstić information content (AvgIpc) is 3.21. The number of carbonyl (C=O) groups is 2. The van der Waals surface area contributed by atoms with Crippen LogP contribution in [0, 0.1) is 5.41 Å². The number of nitrogens with one attached hydrogen (secondary N) is 2. The Kier molecular flexibility index (Phi) is 6.20. The number of hydrogen-bond acceptors (Lipinski definition) is 4.